The minimum Gasteiger partial charge on any atom is -0.462 e. The highest BCUT2D eigenvalue weighted by Crippen LogP contribution is 2.42. The van der Waals surface area contributed by atoms with Crippen molar-refractivity contribution in [2.45, 2.75) is 44.7 Å². The number of hydrogen-bond donors (Lipinski definition) is 0. The number of benzene rings is 2. The van der Waals surface area contributed by atoms with Gasteiger partial charge in [-0.2, -0.15) is 5.06 Å². The number of hydrogen-bond acceptors (Lipinski definition) is 4. The van der Waals surface area contributed by atoms with E-state index in [1.165, 1.54) is 5.56 Å². The predicted molar refractivity (Wildman–Crippen MR) is 101 cm³/mol. The van der Waals surface area contributed by atoms with E-state index >= 15 is 0 Å². The fourth-order valence-corrected chi connectivity index (χ4v) is 3.65. The van der Waals surface area contributed by atoms with Crippen LogP contribution >= 0.6 is 0 Å². The summed E-state index contributed by atoms with van der Waals surface area (Å²) in [5, 5.41) is 1.88. The van der Waals surface area contributed by atoms with Crippen LogP contribution in [0.3, 0.4) is 0 Å². The van der Waals surface area contributed by atoms with E-state index in [4.69, 9.17) is 9.57 Å². The summed E-state index contributed by atoms with van der Waals surface area (Å²) in [5.41, 5.74) is 0.766. The number of ether oxygens (including phenoxy) is 1. The predicted octanol–water partition coefficient (Wildman–Crippen LogP) is 4.10. The van der Waals surface area contributed by atoms with E-state index in [2.05, 4.69) is 26.0 Å². The Labute approximate surface area is 155 Å². The third-order valence-electron chi connectivity index (χ3n) is 5.01. The van der Waals surface area contributed by atoms with Gasteiger partial charge in [-0.05, 0) is 37.8 Å². The van der Waals surface area contributed by atoms with Crippen LogP contribution in [-0.2, 0) is 26.3 Å². The fraction of sp³-hybridized carbons (Fsp3) is 0.409. The van der Waals surface area contributed by atoms with Crippen LogP contribution < -0.4 is 0 Å². The third-order valence-corrected chi connectivity index (χ3v) is 5.01. The number of esters is 1. The van der Waals surface area contributed by atoms with Crippen LogP contribution in [0.4, 0.5) is 0 Å². The molecule has 1 aliphatic rings. The Hall–Kier alpha value is -2.17. The van der Waals surface area contributed by atoms with Gasteiger partial charge in [-0.15, -0.1) is 0 Å². The molecule has 2 aromatic carbocycles. The molecule has 4 nitrogen and oxygen atoms in total. The van der Waals surface area contributed by atoms with Gasteiger partial charge in [-0.25, -0.2) is 4.79 Å². The van der Waals surface area contributed by atoms with Crippen LogP contribution in [0.1, 0.15) is 38.3 Å². The Morgan fingerprint density at radius 3 is 2.27 bits per heavy atom. The van der Waals surface area contributed by atoms with Crippen LogP contribution in [0, 0.1) is 0 Å². The van der Waals surface area contributed by atoms with Crippen LogP contribution in [0.2, 0.25) is 0 Å². The number of rotatable bonds is 6. The molecule has 0 spiro atoms. The lowest BCUT2D eigenvalue weighted by atomic mass is 9.82. The molecule has 1 unspecified atom stereocenters. The molecule has 4 heteroatoms. The van der Waals surface area contributed by atoms with Gasteiger partial charge >= 0.3 is 5.97 Å². The molecule has 1 saturated heterocycles. The Morgan fingerprint density at radius 2 is 1.65 bits per heavy atom. The highest BCUT2D eigenvalue weighted by Gasteiger charge is 2.56. The van der Waals surface area contributed by atoms with E-state index in [-0.39, 0.29) is 5.97 Å². The summed E-state index contributed by atoms with van der Waals surface area (Å²) in [6, 6.07) is 20.0. The summed E-state index contributed by atoms with van der Waals surface area (Å²) >= 11 is 0. The zero-order valence-corrected chi connectivity index (χ0v) is 15.8. The molecular weight excluding hydrogens is 326 g/mol. The minimum absolute atomic E-state index is 0.245. The van der Waals surface area contributed by atoms with Crippen molar-refractivity contribution in [3.8, 4) is 0 Å². The summed E-state index contributed by atoms with van der Waals surface area (Å²) in [4.78, 5) is 19.2. The van der Waals surface area contributed by atoms with Crippen molar-refractivity contribution in [2.75, 3.05) is 13.2 Å². The lowest BCUT2D eigenvalue weighted by molar-refractivity contribution is -0.304. The van der Waals surface area contributed by atoms with Crippen molar-refractivity contribution in [1.29, 1.82) is 0 Å². The van der Waals surface area contributed by atoms with E-state index < -0.39 is 11.1 Å². The van der Waals surface area contributed by atoms with Gasteiger partial charge in [-0.1, -0.05) is 67.6 Å². The van der Waals surface area contributed by atoms with Crippen LogP contribution in [0.25, 0.3) is 0 Å². The Kier molecular flexibility index (Phi) is 5.44. The average Bonchev–Trinajstić information content (AvgIpc) is 2.67. The van der Waals surface area contributed by atoms with E-state index in [1.807, 2.05) is 60.5 Å². The van der Waals surface area contributed by atoms with Crippen molar-refractivity contribution < 1.29 is 14.4 Å². The maximum absolute atomic E-state index is 12.9. The molecule has 0 amide bonds. The first-order valence-corrected chi connectivity index (χ1v) is 9.20. The second-order valence-corrected chi connectivity index (χ2v) is 7.33. The molecule has 0 aromatic heterocycles. The van der Waals surface area contributed by atoms with Gasteiger partial charge in [0.2, 0.25) is 0 Å². The fourth-order valence-electron chi connectivity index (χ4n) is 3.65. The molecule has 0 saturated carbocycles. The number of morpholine rings is 1. The van der Waals surface area contributed by atoms with Gasteiger partial charge < -0.3 is 4.74 Å². The number of carbonyl (C=O) groups excluding carboxylic acids is 1. The molecule has 3 rings (SSSR count). The standard InChI is InChI=1S/C22H27NO3/c1-4-22(19-13-9-6-10-14-19)20(24)25-17-21(2,3)23(22)26-16-15-18-11-7-5-8-12-18/h5-14H,4,15-17H2,1-3H3. The molecule has 1 heterocycles. The molecule has 0 aliphatic carbocycles. The van der Waals surface area contributed by atoms with Crippen molar-refractivity contribution in [3.05, 3.63) is 71.8 Å². The first-order valence-electron chi connectivity index (χ1n) is 9.20. The maximum Gasteiger partial charge on any atom is 0.333 e. The zero-order chi connectivity index (χ0) is 18.6. The molecule has 0 bridgehead atoms. The highest BCUT2D eigenvalue weighted by atomic mass is 16.7. The smallest absolute Gasteiger partial charge is 0.333 e. The van der Waals surface area contributed by atoms with Crippen LogP contribution in [0.15, 0.2) is 60.7 Å². The quantitative estimate of drug-likeness (QED) is 0.733. The molecule has 2 aromatic rings. The van der Waals surface area contributed by atoms with E-state index in [0.717, 1.165) is 12.0 Å². The molecule has 138 valence electrons. The summed E-state index contributed by atoms with van der Waals surface area (Å²) in [6.45, 7) is 6.93. The molecule has 0 N–H and O–H groups in total. The molecular formula is C22H27NO3. The van der Waals surface area contributed by atoms with E-state index in [9.17, 15) is 4.79 Å². The van der Waals surface area contributed by atoms with Gasteiger partial charge in [0, 0.05) is 0 Å². The largest absolute Gasteiger partial charge is 0.462 e. The maximum atomic E-state index is 12.9. The monoisotopic (exact) mass is 353 g/mol. The van der Waals surface area contributed by atoms with Gasteiger partial charge in [0.15, 0.2) is 5.54 Å². The number of nitrogens with zero attached hydrogens (tertiary/aromatic N) is 1. The van der Waals surface area contributed by atoms with Crippen molar-refractivity contribution >= 4 is 5.97 Å². The topological polar surface area (TPSA) is 38.8 Å². The van der Waals surface area contributed by atoms with Gasteiger partial charge in [0.05, 0.1) is 12.1 Å². The normalized spacial score (nSPS) is 22.8. The van der Waals surface area contributed by atoms with Gasteiger partial charge in [0.25, 0.3) is 0 Å². The average molecular weight is 353 g/mol. The number of hydroxylamine groups is 2. The SMILES string of the molecule is CCC1(c2ccccc2)C(=O)OCC(C)(C)N1OCCc1ccccc1. The second kappa shape index (κ2) is 7.60. The van der Waals surface area contributed by atoms with Crippen molar-refractivity contribution in [2.24, 2.45) is 0 Å². The summed E-state index contributed by atoms with van der Waals surface area (Å²) in [6.07, 6.45) is 1.36. The first-order chi connectivity index (χ1) is 12.5. The lowest BCUT2D eigenvalue weighted by Crippen LogP contribution is -2.66. The van der Waals surface area contributed by atoms with E-state index in [0.29, 0.717) is 19.6 Å². The minimum atomic E-state index is -0.931. The number of cyclic esters (lactones) is 1. The van der Waals surface area contributed by atoms with Gasteiger partial charge in [0.1, 0.15) is 6.61 Å². The molecule has 1 aliphatic heterocycles. The Balaban J connectivity index is 1.89. The first kappa shape index (κ1) is 18.6. The van der Waals surface area contributed by atoms with Crippen LogP contribution in [0.5, 0.6) is 0 Å². The summed E-state index contributed by atoms with van der Waals surface area (Å²) < 4.78 is 5.59. The summed E-state index contributed by atoms with van der Waals surface area (Å²) in [7, 11) is 0. The van der Waals surface area contributed by atoms with Crippen molar-refractivity contribution in [3.63, 3.8) is 0 Å². The Bertz CT molecular complexity index is 730. The third kappa shape index (κ3) is 3.39. The summed E-state index contributed by atoms with van der Waals surface area (Å²) in [5.74, 6) is -0.245. The van der Waals surface area contributed by atoms with Gasteiger partial charge in [-0.3, -0.25) is 4.84 Å². The highest BCUT2D eigenvalue weighted by molar-refractivity contribution is 5.83. The van der Waals surface area contributed by atoms with E-state index in [1.54, 1.807) is 0 Å². The van der Waals surface area contributed by atoms with Crippen LogP contribution in [-0.4, -0.2) is 29.8 Å². The molecule has 0 radical (unpaired) electrons. The lowest BCUT2D eigenvalue weighted by Gasteiger charge is -2.51. The van der Waals surface area contributed by atoms with Crippen molar-refractivity contribution in [1.82, 2.24) is 5.06 Å². The molecule has 1 fully saturated rings. The Morgan fingerprint density at radius 1 is 1.04 bits per heavy atom. The number of carbonyl (C=O) groups is 1. The second-order valence-electron chi connectivity index (χ2n) is 7.33. The zero-order valence-electron chi connectivity index (χ0n) is 15.8. The molecule has 1 atom stereocenters. The molecule has 26 heavy (non-hydrogen) atoms.